The van der Waals surface area contributed by atoms with Crippen LogP contribution in [-0.2, 0) is 6.42 Å². The Bertz CT molecular complexity index is 764. The first-order valence-electron chi connectivity index (χ1n) is 8.17. The van der Waals surface area contributed by atoms with Gasteiger partial charge in [-0.05, 0) is 59.9 Å². The van der Waals surface area contributed by atoms with Crippen molar-refractivity contribution in [2.24, 2.45) is 0 Å². The summed E-state index contributed by atoms with van der Waals surface area (Å²) in [6.07, 6.45) is 3.53. The summed E-state index contributed by atoms with van der Waals surface area (Å²) in [5.41, 5.74) is 2.65. The van der Waals surface area contributed by atoms with Gasteiger partial charge in [-0.1, -0.05) is 54.1 Å². The molecule has 0 aliphatic rings. The molecule has 0 atom stereocenters. The van der Waals surface area contributed by atoms with E-state index < -0.39 is 0 Å². The largest absolute Gasteiger partial charge is 0.375 e. The maximum atomic E-state index is 5.93. The molecule has 1 nitrogen and oxygen atoms in total. The Labute approximate surface area is 143 Å². The molecule has 0 aliphatic heterocycles. The average Bonchev–Trinajstić information content (AvgIpc) is 2.59. The normalized spacial score (nSPS) is 10.9. The molecule has 0 amide bonds. The van der Waals surface area contributed by atoms with Crippen LogP contribution in [0.25, 0.3) is 10.8 Å². The van der Waals surface area contributed by atoms with E-state index in [1.807, 2.05) is 12.1 Å². The summed E-state index contributed by atoms with van der Waals surface area (Å²) in [4.78, 5) is 2.29. The molecule has 3 aromatic rings. The molecule has 0 spiro atoms. The Morgan fingerprint density at radius 1 is 0.826 bits per heavy atom. The van der Waals surface area contributed by atoms with Gasteiger partial charge in [0, 0.05) is 24.3 Å². The number of rotatable bonds is 6. The highest BCUT2D eigenvalue weighted by molar-refractivity contribution is 6.30. The standard InChI is InChI=1S/C21H22ClN/c1-23(21-13-11-20(22)12-14-21)15-5-4-6-17-9-10-18-7-2-3-8-19(18)16-17/h2-3,7-14,16H,4-6,15H2,1H3. The highest BCUT2D eigenvalue weighted by Gasteiger charge is 2.01. The van der Waals surface area contributed by atoms with E-state index in [4.69, 9.17) is 11.6 Å². The van der Waals surface area contributed by atoms with Gasteiger partial charge in [0.1, 0.15) is 0 Å². The molecule has 118 valence electrons. The molecule has 0 aliphatic carbocycles. The average molecular weight is 324 g/mol. The molecule has 0 fully saturated rings. The summed E-state index contributed by atoms with van der Waals surface area (Å²) in [6.45, 7) is 1.06. The van der Waals surface area contributed by atoms with Crippen molar-refractivity contribution in [2.45, 2.75) is 19.3 Å². The lowest BCUT2D eigenvalue weighted by molar-refractivity contribution is 0.720. The van der Waals surface area contributed by atoms with Crippen LogP contribution in [0.4, 0.5) is 5.69 Å². The third kappa shape index (κ3) is 4.27. The van der Waals surface area contributed by atoms with Crippen LogP contribution in [0.1, 0.15) is 18.4 Å². The Hall–Kier alpha value is -1.99. The van der Waals surface area contributed by atoms with Crippen molar-refractivity contribution in [3.63, 3.8) is 0 Å². The molecular formula is C21H22ClN. The molecule has 0 aromatic heterocycles. The van der Waals surface area contributed by atoms with Crippen LogP contribution in [0.3, 0.4) is 0 Å². The van der Waals surface area contributed by atoms with Gasteiger partial charge in [0.2, 0.25) is 0 Å². The van der Waals surface area contributed by atoms with Crippen molar-refractivity contribution in [3.8, 4) is 0 Å². The fourth-order valence-corrected chi connectivity index (χ4v) is 3.02. The van der Waals surface area contributed by atoms with E-state index in [1.165, 1.54) is 34.9 Å². The lowest BCUT2D eigenvalue weighted by Gasteiger charge is -2.19. The third-order valence-corrected chi connectivity index (χ3v) is 4.54. The molecule has 0 saturated carbocycles. The van der Waals surface area contributed by atoms with E-state index >= 15 is 0 Å². The van der Waals surface area contributed by atoms with E-state index in [0.717, 1.165) is 18.0 Å². The zero-order valence-corrected chi connectivity index (χ0v) is 14.3. The molecule has 2 heteroatoms. The van der Waals surface area contributed by atoms with Gasteiger partial charge in [-0.15, -0.1) is 0 Å². The van der Waals surface area contributed by atoms with Gasteiger partial charge >= 0.3 is 0 Å². The van der Waals surface area contributed by atoms with Gasteiger partial charge in [0.15, 0.2) is 0 Å². The molecule has 0 unspecified atom stereocenters. The minimum atomic E-state index is 0.790. The van der Waals surface area contributed by atoms with Crippen LogP contribution in [0.2, 0.25) is 5.02 Å². The van der Waals surface area contributed by atoms with E-state index in [2.05, 4.69) is 66.5 Å². The van der Waals surface area contributed by atoms with Crippen LogP contribution in [-0.4, -0.2) is 13.6 Å². The molecular weight excluding hydrogens is 302 g/mol. The molecule has 23 heavy (non-hydrogen) atoms. The number of nitrogens with zero attached hydrogens (tertiary/aromatic N) is 1. The fourth-order valence-electron chi connectivity index (χ4n) is 2.90. The summed E-state index contributed by atoms with van der Waals surface area (Å²) in [5, 5.41) is 3.44. The number of hydrogen-bond donors (Lipinski definition) is 0. The second kappa shape index (κ2) is 7.52. The second-order valence-electron chi connectivity index (χ2n) is 6.04. The summed E-state index contributed by atoms with van der Waals surface area (Å²) in [5.74, 6) is 0. The third-order valence-electron chi connectivity index (χ3n) is 4.29. The number of hydrogen-bond acceptors (Lipinski definition) is 1. The summed E-state index contributed by atoms with van der Waals surface area (Å²) in [7, 11) is 2.14. The molecule has 0 saturated heterocycles. The first-order valence-corrected chi connectivity index (χ1v) is 8.54. The van der Waals surface area contributed by atoms with Gasteiger partial charge < -0.3 is 4.90 Å². The summed E-state index contributed by atoms with van der Waals surface area (Å²) in [6, 6.07) is 23.4. The lowest BCUT2D eigenvalue weighted by Crippen LogP contribution is -2.18. The van der Waals surface area contributed by atoms with Crippen LogP contribution >= 0.6 is 11.6 Å². The van der Waals surface area contributed by atoms with Crippen molar-refractivity contribution in [1.82, 2.24) is 0 Å². The van der Waals surface area contributed by atoms with E-state index in [1.54, 1.807) is 0 Å². The number of fused-ring (bicyclic) bond motifs is 1. The van der Waals surface area contributed by atoms with Gasteiger partial charge in [0.05, 0.1) is 0 Å². The first-order chi connectivity index (χ1) is 11.2. The van der Waals surface area contributed by atoms with Crippen LogP contribution < -0.4 is 4.90 Å². The predicted octanol–water partition coefficient (Wildman–Crippen LogP) is 5.95. The predicted molar refractivity (Wildman–Crippen MR) is 102 cm³/mol. The van der Waals surface area contributed by atoms with Crippen molar-refractivity contribution >= 4 is 28.1 Å². The number of anilines is 1. The molecule has 0 radical (unpaired) electrons. The van der Waals surface area contributed by atoms with Crippen molar-refractivity contribution in [2.75, 3.05) is 18.5 Å². The maximum absolute atomic E-state index is 5.93. The second-order valence-corrected chi connectivity index (χ2v) is 6.47. The number of benzene rings is 3. The topological polar surface area (TPSA) is 3.24 Å². The number of unbranched alkanes of at least 4 members (excludes halogenated alkanes) is 1. The van der Waals surface area contributed by atoms with E-state index in [0.29, 0.717) is 0 Å². The Balaban J connectivity index is 1.49. The SMILES string of the molecule is CN(CCCCc1ccc2ccccc2c1)c1ccc(Cl)cc1. The number of aryl methyl sites for hydroxylation is 1. The van der Waals surface area contributed by atoms with Gasteiger partial charge in [-0.25, -0.2) is 0 Å². The van der Waals surface area contributed by atoms with Crippen molar-refractivity contribution in [3.05, 3.63) is 77.3 Å². The van der Waals surface area contributed by atoms with Gasteiger partial charge in [0.25, 0.3) is 0 Å². The molecule has 3 rings (SSSR count). The summed E-state index contributed by atoms with van der Waals surface area (Å²) < 4.78 is 0. The fraction of sp³-hybridized carbons (Fsp3) is 0.238. The van der Waals surface area contributed by atoms with Crippen molar-refractivity contribution in [1.29, 1.82) is 0 Å². The van der Waals surface area contributed by atoms with Crippen LogP contribution in [0.5, 0.6) is 0 Å². The van der Waals surface area contributed by atoms with Crippen LogP contribution in [0, 0.1) is 0 Å². The minimum absolute atomic E-state index is 0.790. The Morgan fingerprint density at radius 2 is 1.57 bits per heavy atom. The highest BCUT2D eigenvalue weighted by atomic mass is 35.5. The molecule has 0 bridgehead atoms. The van der Waals surface area contributed by atoms with Crippen LogP contribution in [0.15, 0.2) is 66.7 Å². The van der Waals surface area contributed by atoms with Gasteiger partial charge in [-0.3, -0.25) is 0 Å². The van der Waals surface area contributed by atoms with Crippen molar-refractivity contribution < 1.29 is 0 Å². The maximum Gasteiger partial charge on any atom is 0.0407 e. The molecule has 3 aromatic carbocycles. The minimum Gasteiger partial charge on any atom is -0.375 e. The molecule has 0 N–H and O–H groups in total. The quantitative estimate of drug-likeness (QED) is 0.506. The molecule has 0 heterocycles. The smallest absolute Gasteiger partial charge is 0.0407 e. The summed E-state index contributed by atoms with van der Waals surface area (Å²) >= 11 is 5.93. The first kappa shape index (κ1) is 15.9. The number of halogens is 1. The Kier molecular flexibility index (Phi) is 5.19. The zero-order chi connectivity index (χ0) is 16.1. The Morgan fingerprint density at radius 3 is 2.35 bits per heavy atom. The monoisotopic (exact) mass is 323 g/mol. The lowest BCUT2D eigenvalue weighted by atomic mass is 10.0. The van der Waals surface area contributed by atoms with Gasteiger partial charge in [-0.2, -0.15) is 0 Å². The van der Waals surface area contributed by atoms with E-state index in [9.17, 15) is 0 Å². The highest BCUT2D eigenvalue weighted by Crippen LogP contribution is 2.19. The zero-order valence-electron chi connectivity index (χ0n) is 13.5. The van der Waals surface area contributed by atoms with E-state index in [-0.39, 0.29) is 0 Å².